The third-order valence-corrected chi connectivity index (χ3v) is 3.70. The molecule has 0 saturated heterocycles. The second-order valence-corrected chi connectivity index (χ2v) is 5.45. The Hall–Kier alpha value is -2.55. The van der Waals surface area contributed by atoms with Crippen molar-refractivity contribution in [2.24, 2.45) is 0 Å². The number of carbonyl (C=O) groups excluding carboxylic acids is 1. The van der Waals surface area contributed by atoms with Crippen LogP contribution in [0.15, 0.2) is 54.6 Å². The van der Waals surface area contributed by atoms with Gasteiger partial charge in [-0.1, -0.05) is 42.5 Å². The van der Waals surface area contributed by atoms with Crippen LogP contribution in [0.4, 0.5) is 26.3 Å². The summed E-state index contributed by atoms with van der Waals surface area (Å²) in [5.41, 5.74) is -6.11. The average Bonchev–Trinajstić information content (AvgIpc) is 2.58. The Morgan fingerprint density at radius 2 is 1.42 bits per heavy atom. The van der Waals surface area contributed by atoms with Crippen LogP contribution >= 0.6 is 0 Å². The Morgan fingerprint density at radius 1 is 0.885 bits per heavy atom. The lowest BCUT2D eigenvalue weighted by Gasteiger charge is -2.31. The number of carbonyl (C=O) groups is 1. The number of aliphatic hydroxyl groups is 1. The van der Waals surface area contributed by atoms with Gasteiger partial charge in [-0.25, -0.2) is 0 Å². The van der Waals surface area contributed by atoms with Gasteiger partial charge in [0.1, 0.15) is 0 Å². The number of nitrogens with one attached hydrogen (secondary N) is 1. The second kappa shape index (κ2) is 6.99. The van der Waals surface area contributed by atoms with Crippen LogP contribution in [0.5, 0.6) is 0 Å². The van der Waals surface area contributed by atoms with Gasteiger partial charge in [0.15, 0.2) is 0 Å². The minimum absolute atomic E-state index is 0.545. The van der Waals surface area contributed by atoms with Gasteiger partial charge in [-0.15, -0.1) is 0 Å². The topological polar surface area (TPSA) is 49.3 Å². The average molecular weight is 377 g/mol. The minimum Gasteiger partial charge on any atom is -0.375 e. The molecule has 2 N–H and O–H groups in total. The summed E-state index contributed by atoms with van der Waals surface area (Å²) >= 11 is 0. The first kappa shape index (κ1) is 19.8. The predicted molar refractivity (Wildman–Crippen MR) is 80.2 cm³/mol. The van der Waals surface area contributed by atoms with E-state index in [1.54, 1.807) is 5.32 Å². The number of hydrogen-bond acceptors (Lipinski definition) is 2. The van der Waals surface area contributed by atoms with Crippen molar-refractivity contribution in [3.8, 4) is 0 Å². The highest BCUT2D eigenvalue weighted by Crippen LogP contribution is 2.38. The number of benzene rings is 2. The molecule has 3 nitrogen and oxygen atoms in total. The predicted octanol–water partition coefficient (Wildman–Crippen LogP) is 3.89. The van der Waals surface area contributed by atoms with Crippen molar-refractivity contribution in [1.29, 1.82) is 0 Å². The summed E-state index contributed by atoms with van der Waals surface area (Å²) in [7, 11) is 0. The molecule has 0 bridgehead atoms. The molecule has 0 heterocycles. The van der Waals surface area contributed by atoms with Crippen molar-refractivity contribution >= 4 is 5.91 Å². The van der Waals surface area contributed by atoms with Crippen molar-refractivity contribution in [3.63, 3.8) is 0 Å². The number of rotatable bonds is 4. The van der Waals surface area contributed by atoms with Gasteiger partial charge in [-0.2, -0.15) is 26.3 Å². The fourth-order valence-electron chi connectivity index (χ4n) is 2.31. The SMILES string of the molecule is O=C(NC[C@@](O)(c1ccccc1)C(F)(F)F)c1ccccc1C(F)(F)F. The van der Waals surface area contributed by atoms with Gasteiger partial charge >= 0.3 is 12.4 Å². The van der Waals surface area contributed by atoms with E-state index in [4.69, 9.17) is 0 Å². The van der Waals surface area contributed by atoms with Gasteiger partial charge in [0, 0.05) is 0 Å². The van der Waals surface area contributed by atoms with Gasteiger partial charge in [-0.3, -0.25) is 4.79 Å². The molecule has 2 aromatic rings. The molecule has 0 aliphatic heterocycles. The van der Waals surface area contributed by atoms with E-state index in [1.807, 2.05) is 0 Å². The first-order valence-electron chi connectivity index (χ1n) is 7.26. The molecule has 0 aromatic heterocycles. The van der Waals surface area contributed by atoms with Crippen LogP contribution in [-0.4, -0.2) is 23.7 Å². The molecule has 0 unspecified atom stereocenters. The van der Waals surface area contributed by atoms with Crippen LogP contribution in [0.25, 0.3) is 0 Å². The summed E-state index contributed by atoms with van der Waals surface area (Å²) in [6, 6.07) is 9.63. The van der Waals surface area contributed by atoms with Gasteiger partial charge in [0.2, 0.25) is 5.60 Å². The summed E-state index contributed by atoms with van der Waals surface area (Å²) in [6.07, 6.45) is -10.0. The first-order chi connectivity index (χ1) is 12.0. The maximum Gasteiger partial charge on any atom is 0.423 e. The van der Waals surface area contributed by atoms with Crippen molar-refractivity contribution in [3.05, 3.63) is 71.3 Å². The van der Waals surface area contributed by atoms with Crippen LogP contribution in [0.2, 0.25) is 0 Å². The molecule has 0 aliphatic carbocycles. The summed E-state index contributed by atoms with van der Waals surface area (Å²) in [5.74, 6) is -1.38. The maximum atomic E-state index is 13.3. The van der Waals surface area contributed by atoms with Crippen molar-refractivity contribution in [1.82, 2.24) is 5.32 Å². The maximum absolute atomic E-state index is 13.3. The molecule has 2 aromatic carbocycles. The molecule has 0 aliphatic rings. The highest BCUT2D eigenvalue weighted by atomic mass is 19.4. The van der Waals surface area contributed by atoms with Crippen molar-refractivity contribution in [2.75, 3.05) is 6.54 Å². The van der Waals surface area contributed by atoms with Crippen LogP contribution in [0.3, 0.4) is 0 Å². The largest absolute Gasteiger partial charge is 0.423 e. The normalized spacial score (nSPS) is 14.6. The summed E-state index contributed by atoms with van der Waals surface area (Å²) in [6.45, 7) is -1.34. The lowest BCUT2D eigenvalue weighted by atomic mass is 9.92. The van der Waals surface area contributed by atoms with E-state index < -0.39 is 47.1 Å². The quantitative estimate of drug-likeness (QED) is 0.795. The smallest absolute Gasteiger partial charge is 0.375 e. The molecule has 140 valence electrons. The van der Waals surface area contributed by atoms with Gasteiger partial charge in [0.25, 0.3) is 5.91 Å². The van der Waals surface area contributed by atoms with E-state index in [-0.39, 0.29) is 0 Å². The monoisotopic (exact) mass is 377 g/mol. The van der Waals surface area contributed by atoms with Crippen molar-refractivity contribution < 1.29 is 36.2 Å². The van der Waals surface area contributed by atoms with E-state index >= 15 is 0 Å². The highest BCUT2D eigenvalue weighted by Gasteiger charge is 2.55. The van der Waals surface area contributed by atoms with E-state index in [2.05, 4.69) is 0 Å². The Kier molecular flexibility index (Phi) is 5.31. The van der Waals surface area contributed by atoms with Crippen LogP contribution < -0.4 is 5.32 Å². The molecule has 26 heavy (non-hydrogen) atoms. The van der Waals surface area contributed by atoms with Crippen LogP contribution in [0, 0.1) is 0 Å². The van der Waals surface area contributed by atoms with Crippen LogP contribution in [0.1, 0.15) is 21.5 Å². The Bertz CT molecular complexity index is 773. The van der Waals surface area contributed by atoms with Crippen LogP contribution in [-0.2, 0) is 11.8 Å². The third kappa shape index (κ3) is 3.98. The molecule has 1 atom stereocenters. The molecule has 0 saturated carbocycles. The lowest BCUT2D eigenvalue weighted by molar-refractivity contribution is -0.263. The zero-order valence-electron chi connectivity index (χ0n) is 13.0. The van der Waals surface area contributed by atoms with E-state index in [1.165, 1.54) is 18.2 Å². The molecule has 1 amide bonds. The minimum atomic E-state index is -5.16. The molecule has 9 heteroatoms. The molecule has 2 rings (SSSR count). The third-order valence-electron chi connectivity index (χ3n) is 3.70. The Labute approximate surface area is 144 Å². The first-order valence-corrected chi connectivity index (χ1v) is 7.26. The number of amides is 1. The fourth-order valence-corrected chi connectivity index (χ4v) is 2.31. The van der Waals surface area contributed by atoms with Crippen molar-refractivity contribution in [2.45, 2.75) is 18.0 Å². The zero-order chi connectivity index (χ0) is 19.6. The van der Waals surface area contributed by atoms with Gasteiger partial charge < -0.3 is 10.4 Å². The number of halogens is 6. The van der Waals surface area contributed by atoms with Gasteiger partial charge in [-0.05, 0) is 17.7 Å². The molecule has 0 radical (unpaired) electrons. The molecule has 0 fully saturated rings. The zero-order valence-corrected chi connectivity index (χ0v) is 13.0. The Balaban J connectivity index is 2.30. The standard InChI is InChI=1S/C17H13F6NO2/c18-16(19,20)13-9-5-4-8-12(13)14(25)24-10-15(26,17(21,22)23)11-6-2-1-3-7-11/h1-9,26H,10H2,(H,24,25)/t15-/m1/s1. The second-order valence-electron chi connectivity index (χ2n) is 5.45. The highest BCUT2D eigenvalue weighted by molar-refractivity contribution is 5.95. The Morgan fingerprint density at radius 3 is 1.96 bits per heavy atom. The number of hydrogen-bond donors (Lipinski definition) is 2. The fraction of sp³-hybridized carbons (Fsp3) is 0.235. The van der Waals surface area contributed by atoms with E-state index in [0.29, 0.717) is 6.07 Å². The molecular formula is C17H13F6NO2. The summed E-state index contributed by atoms with van der Waals surface area (Å²) < 4.78 is 78.8. The van der Waals surface area contributed by atoms with Gasteiger partial charge in [0.05, 0.1) is 17.7 Å². The lowest BCUT2D eigenvalue weighted by Crippen LogP contribution is -2.51. The van der Waals surface area contributed by atoms with E-state index in [0.717, 1.165) is 30.3 Å². The number of alkyl halides is 6. The summed E-state index contributed by atoms with van der Waals surface area (Å²) in [4.78, 5) is 12.0. The molecular weight excluding hydrogens is 364 g/mol. The molecule has 0 spiro atoms. The van der Waals surface area contributed by atoms with E-state index in [9.17, 15) is 36.2 Å². The summed E-state index contributed by atoms with van der Waals surface area (Å²) in [5, 5.41) is 11.8.